The van der Waals surface area contributed by atoms with E-state index in [1.54, 1.807) is 0 Å². The third kappa shape index (κ3) is 2.10. The van der Waals surface area contributed by atoms with E-state index in [2.05, 4.69) is 10.4 Å². The third-order valence-corrected chi connectivity index (χ3v) is 1.88. The lowest BCUT2D eigenvalue weighted by atomic mass is 10.4. The molecule has 1 fully saturated rings. The largest absolute Gasteiger partial charge is 0.258 e. The normalized spacial score (nSPS) is 24.7. The van der Waals surface area contributed by atoms with Crippen molar-refractivity contribution in [2.24, 2.45) is 0 Å². The molecule has 3 nitrogen and oxygen atoms in total. The van der Waals surface area contributed by atoms with Gasteiger partial charge in [-0.25, -0.2) is 9.43 Å². The lowest BCUT2D eigenvalue weighted by molar-refractivity contribution is 0.144. The Hall–Kier alpha value is 0.170. The van der Waals surface area contributed by atoms with Gasteiger partial charge in [0.25, 0.3) is 0 Å². The summed E-state index contributed by atoms with van der Waals surface area (Å²) >= 11 is 5.72. The number of nitrogens with one attached hydrogen (secondary N) is 1. The summed E-state index contributed by atoms with van der Waals surface area (Å²) in [4.78, 5) is 0. The Morgan fingerprint density at radius 1 is 1.22 bits per heavy atom. The van der Waals surface area contributed by atoms with Gasteiger partial charge in [0.1, 0.15) is 0 Å². The summed E-state index contributed by atoms with van der Waals surface area (Å²) in [5.41, 5.74) is 3.07. The Balaban J connectivity index is 2.18. The molecule has 0 radical (unpaired) electrons. The van der Waals surface area contributed by atoms with E-state index in [4.69, 9.17) is 11.8 Å². The average molecular weight is 150 g/mol. The van der Waals surface area contributed by atoms with Gasteiger partial charge in [0.05, 0.1) is 0 Å². The number of halogens is 1. The van der Waals surface area contributed by atoms with Crippen LogP contribution >= 0.6 is 11.8 Å². The van der Waals surface area contributed by atoms with Crippen LogP contribution in [0.4, 0.5) is 0 Å². The van der Waals surface area contributed by atoms with E-state index in [-0.39, 0.29) is 0 Å². The predicted molar refractivity (Wildman–Crippen MR) is 38.1 cm³/mol. The van der Waals surface area contributed by atoms with Crippen molar-refractivity contribution in [2.75, 3.05) is 33.2 Å². The molecule has 1 N–H and O–H groups in total. The number of hydrogen-bond acceptors (Lipinski definition) is 3. The summed E-state index contributed by atoms with van der Waals surface area (Å²) in [6.45, 7) is 3.92. The molecule has 0 aromatic carbocycles. The molecule has 0 aromatic heterocycles. The van der Waals surface area contributed by atoms with Gasteiger partial charge in [-0.2, -0.15) is 0 Å². The van der Waals surface area contributed by atoms with Crippen molar-refractivity contribution >= 4 is 11.8 Å². The maximum Gasteiger partial charge on any atom is 0.0281 e. The fourth-order valence-corrected chi connectivity index (χ4v) is 1.06. The van der Waals surface area contributed by atoms with Gasteiger partial charge in [-0.1, -0.05) is 0 Å². The molecule has 9 heavy (non-hydrogen) atoms. The first-order valence-electron chi connectivity index (χ1n) is 3.16. The average Bonchev–Trinajstić information content (AvgIpc) is 1.90. The highest BCUT2D eigenvalue weighted by atomic mass is 35.5. The molecule has 0 spiro atoms. The van der Waals surface area contributed by atoms with Gasteiger partial charge in [0, 0.05) is 26.2 Å². The van der Waals surface area contributed by atoms with Crippen LogP contribution in [-0.2, 0) is 0 Å². The van der Waals surface area contributed by atoms with E-state index in [0.717, 1.165) is 26.2 Å². The van der Waals surface area contributed by atoms with Crippen molar-refractivity contribution < 1.29 is 0 Å². The van der Waals surface area contributed by atoms with Crippen molar-refractivity contribution in [1.82, 2.24) is 14.9 Å². The van der Waals surface area contributed by atoms with Gasteiger partial charge in [-0.3, -0.25) is 5.43 Å². The van der Waals surface area contributed by atoms with Gasteiger partial charge in [0.2, 0.25) is 0 Å². The number of piperazine rings is 1. The van der Waals surface area contributed by atoms with Crippen LogP contribution in [0.5, 0.6) is 0 Å². The maximum atomic E-state index is 5.72. The van der Waals surface area contributed by atoms with Gasteiger partial charge >= 0.3 is 0 Å². The Labute approximate surface area is 60.6 Å². The Kier molecular flexibility index (Phi) is 2.72. The van der Waals surface area contributed by atoms with Crippen molar-refractivity contribution in [2.45, 2.75) is 0 Å². The summed E-state index contributed by atoms with van der Waals surface area (Å²) < 4.78 is 1.81. The molecule has 0 amide bonds. The van der Waals surface area contributed by atoms with Crippen LogP contribution in [0.2, 0.25) is 0 Å². The monoisotopic (exact) mass is 149 g/mol. The van der Waals surface area contributed by atoms with E-state index in [9.17, 15) is 0 Å². The minimum atomic E-state index is 0.947. The van der Waals surface area contributed by atoms with Crippen molar-refractivity contribution in [3.8, 4) is 0 Å². The maximum absolute atomic E-state index is 5.72. The van der Waals surface area contributed by atoms with E-state index in [0.29, 0.717) is 0 Å². The van der Waals surface area contributed by atoms with E-state index in [1.807, 2.05) is 11.5 Å². The predicted octanol–water partition coefficient (Wildman–Crippen LogP) is -0.108. The van der Waals surface area contributed by atoms with Crippen molar-refractivity contribution in [3.05, 3.63) is 0 Å². The van der Waals surface area contributed by atoms with Crippen LogP contribution in [0.3, 0.4) is 0 Å². The van der Waals surface area contributed by atoms with Gasteiger partial charge in [-0.15, -0.1) is 0 Å². The molecule has 1 rings (SSSR count). The van der Waals surface area contributed by atoms with Crippen LogP contribution in [0, 0.1) is 0 Å². The summed E-state index contributed by atoms with van der Waals surface area (Å²) in [7, 11) is 1.93. The molecule has 0 unspecified atom stereocenters. The van der Waals surface area contributed by atoms with E-state index >= 15 is 0 Å². The van der Waals surface area contributed by atoms with Crippen molar-refractivity contribution in [1.29, 1.82) is 0 Å². The van der Waals surface area contributed by atoms with Gasteiger partial charge in [0.15, 0.2) is 0 Å². The zero-order chi connectivity index (χ0) is 6.69. The van der Waals surface area contributed by atoms with E-state index < -0.39 is 0 Å². The molecule has 1 heterocycles. The fraction of sp³-hybridized carbons (Fsp3) is 1.00. The first kappa shape index (κ1) is 7.28. The molecule has 1 aliphatic rings. The second-order valence-electron chi connectivity index (χ2n) is 2.12. The Morgan fingerprint density at radius 2 is 1.78 bits per heavy atom. The molecular weight excluding hydrogens is 138 g/mol. The molecule has 0 aromatic rings. The smallest absolute Gasteiger partial charge is 0.0281 e. The minimum absolute atomic E-state index is 0.947. The fourth-order valence-electron chi connectivity index (χ4n) is 0.906. The highest BCUT2D eigenvalue weighted by Gasteiger charge is 2.12. The lowest BCUT2D eigenvalue weighted by Gasteiger charge is -2.29. The number of nitrogens with zero attached hydrogens (tertiary/aromatic N) is 2. The summed E-state index contributed by atoms with van der Waals surface area (Å²) in [6.07, 6.45) is 0. The highest BCUT2D eigenvalue weighted by Crippen LogP contribution is 1.99. The molecule has 54 valence electrons. The standard InChI is InChI=1S/C5H12ClN3/c1-7-9-4-2-8(6)3-5-9/h7H,2-5H2,1H3. The zero-order valence-electron chi connectivity index (χ0n) is 5.60. The number of hydrazine groups is 1. The Morgan fingerprint density at radius 3 is 2.22 bits per heavy atom. The van der Waals surface area contributed by atoms with Crippen LogP contribution < -0.4 is 5.43 Å². The van der Waals surface area contributed by atoms with Crippen molar-refractivity contribution in [3.63, 3.8) is 0 Å². The molecule has 0 saturated carbocycles. The lowest BCUT2D eigenvalue weighted by Crippen LogP contribution is -2.47. The van der Waals surface area contributed by atoms with E-state index in [1.165, 1.54) is 0 Å². The topological polar surface area (TPSA) is 18.5 Å². The molecule has 0 aliphatic carbocycles. The van der Waals surface area contributed by atoms with Crippen LogP contribution in [0.15, 0.2) is 0 Å². The molecule has 0 atom stereocenters. The Bertz CT molecular complexity index is 80.3. The molecule has 1 saturated heterocycles. The van der Waals surface area contributed by atoms with Crippen LogP contribution in [-0.4, -0.2) is 42.7 Å². The van der Waals surface area contributed by atoms with Crippen LogP contribution in [0.1, 0.15) is 0 Å². The van der Waals surface area contributed by atoms with Gasteiger partial charge < -0.3 is 0 Å². The zero-order valence-corrected chi connectivity index (χ0v) is 6.36. The second-order valence-corrected chi connectivity index (χ2v) is 2.60. The third-order valence-electron chi connectivity index (χ3n) is 1.54. The summed E-state index contributed by atoms with van der Waals surface area (Å²) in [6, 6.07) is 0. The first-order chi connectivity index (χ1) is 4.33. The van der Waals surface area contributed by atoms with Crippen LogP contribution in [0.25, 0.3) is 0 Å². The summed E-state index contributed by atoms with van der Waals surface area (Å²) in [5.74, 6) is 0. The minimum Gasteiger partial charge on any atom is -0.258 e. The first-order valence-corrected chi connectivity index (χ1v) is 3.50. The highest BCUT2D eigenvalue weighted by molar-refractivity contribution is 6.13. The molecule has 0 bridgehead atoms. The number of hydrogen-bond donors (Lipinski definition) is 1. The SMILES string of the molecule is CNN1CCN(Cl)CC1. The summed E-state index contributed by atoms with van der Waals surface area (Å²) in [5, 5.41) is 2.15. The molecular formula is C5H12ClN3. The quantitative estimate of drug-likeness (QED) is 0.525. The molecule has 1 aliphatic heterocycles. The molecule has 4 heteroatoms. The van der Waals surface area contributed by atoms with Gasteiger partial charge in [-0.05, 0) is 18.8 Å². The number of rotatable bonds is 1. The second kappa shape index (κ2) is 3.37.